The maximum Gasteiger partial charge on any atom is 0.0885 e. The molecule has 0 amide bonds. The number of aromatic amines is 1. The summed E-state index contributed by atoms with van der Waals surface area (Å²) in [5.41, 5.74) is 2.47. The zero-order chi connectivity index (χ0) is 12.2. The third-order valence-corrected chi connectivity index (χ3v) is 3.54. The Morgan fingerprint density at radius 1 is 0.944 bits per heavy atom. The summed E-state index contributed by atoms with van der Waals surface area (Å²) in [5.74, 6) is 0. The fraction of sp³-hybridized carbons (Fsp3) is 0.0667. The second-order valence-corrected chi connectivity index (χ2v) is 5.06. The van der Waals surface area contributed by atoms with Crippen LogP contribution in [0.15, 0.2) is 65.7 Å². The number of rotatable bonds is 4. The number of para-hydroxylation sites is 1. The van der Waals surface area contributed by atoms with E-state index in [0.29, 0.717) is 0 Å². The van der Waals surface area contributed by atoms with Gasteiger partial charge >= 0.3 is 0 Å². The SMILES string of the molecule is c1ccc(CNSc2cc3ccccc3[nH]2)cc1. The Kier molecular flexibility index (Phi) is 3.35. The van der Waals surface area contributed by atoms with Gasteiger partial charge in [0.25, 0.3) is 0 Å². The van der Waals surface area contributed by atoms with Crippen LogP contribution in [0.3, 0.4) is 0 Å². The Bertz CT molecular complexity index is 598. The molecule has 0 saturated carbocycles. The average Bonchev–Trinajstić information content (AvgIpc) is 2.82. The summed E-state index contributed by atoms with van der Waals surface area (Å²) < 4.78 is 3.36. The van der Waals surface area contributed by atoms with Crippen molar-refractivity contribution in [3.63, 3.8) is 0 Å². The number of H-pyrrole nitrogens is 1. The summed E-state index contributed by atoms with van der Waals surface area (Å²) in [4.78, 5) is 3.38. The van der Waals surface area contributed by atoms with Crippen molar-refractivity contribution in [2.45, 2.75) is 11.6 Å². The van der Waals surface area contributed by atoms with Crippen molar-refractivity contribution in [3.05, 3.63) is 66.2 Å². The molecular weight excluding hydrogens is 240 g/mol. The summed E-state index contributed by atoms with van der Waals surface area (Å²) >= 11 is 1.64. The van der Waals surface area contributed by atoms with Gasteiger partial charge in [-0.05, 0) is 29.6 Å². The molecule has 0 radical (unpaired) electrons. The van der Waals surface area contributed by atoms with Gasteiger partial charge in [0.1, 0.15) is 0 Å². The van der Waals surface area contributed by atoms with Crippen LogP contribution in [0.4, 0.5) is 0 Å². The first-order valence-electron chi connectivity index (χ1n) is 5.93. The summed E-state index contributed by atoms with van der Waals surface area (Å²) in [6.07, 6.45) is 0. The molecule has 0 aliphatic heterocycles. The minimum atomic E-state index is 0.862. The molecule has 2 N–H and O–H groups in total. The Balaban J connectivity index is 1.63. The molecule has 0 fully saturated rings. The molecule has 2 nitrogen and oxygen atoms in total. The standard InChI is InChI=1S/C15H14N2S/c1-2-6-12(7-3-1)11-16-18-15-10-13-8-4-5-9-14(13)17-15/h1-10,16-17H,11H2. The lowest BCUT2D eigenvalue weighted by atomic mass is 10.2. The lowest BCUT2D eigenvalue weighted by Crippen LogP contribution is -2.02. The molecule has 1 heterocycles. The highest BCUT2D eigenvalue weighted by Gasteiger charge is 2.00. The number of fused-ring (bicyclic) bond motifs is 1. The van der Waals surface area contributed by atoms with E-state index >= 15 is 0 Å². The number of hydrogen-bond acceptors (Lipinski definition) is 2. The lowest BCUT2D eigenvalue weighted by molar-refractivity contribution is 0.971. The summed E-state index contributed by atoms with van der Waals surface area (Å²) in [5, 5.41) is 2.40. The molecule has 90 valence electrons. The van der Waals surface area contributed by atoms with E-state index in [1.807, 2.05) is 12.1 Å². The van der Waals surface area contributed by atoms with Crippen LogP contribution in [0.25, 0.3) is 10.9 Å². The van der Waals surface area contributed by atoms with E-state index in [4.69, 9.17) is 0 Å². The molecule has 0 bridgehead atoms. The molecule has 18 heavy (non-hydrogen) atoms. The average molecular weight is 254 g/mol. The van der Waals surface area contributed by atoms with Crippen LogP contribution in [-0.2, 0) is 6.54 Å². The second-order valence-electron chi connectivity index (χ2n) is 4.13. The largest absolute Gasteiger partial charge is 0.349 e. The van der Waals surface area contributed by atoms with Crippen molar-refractivity contribution in [2.24, 2.45) is 0 Å². The van der Waals surface area contributed by atoms with Gasteiger partial charge in [0.05, 0.1) is 5.03 Å². The van der Waals surface area contributed by atoms with E-state index in [2.05, 4.69) is 58.2 Å². The van der Waals surface area contributed by atoms with Crippen molar-refractivity contribution in [3.8, 4) is 0 Å². The van der Waals surface area contributed by atoms with E-state index < -0.39 is 0 Å². The highest BCUT2D eigenvalue weighted by molar-refractivity contribution is 7.97. The number of hydrogen-bond donors (Lipinski definition) is 2. The van der Waals surface area contributed by atoms with Crippen LogP contribution in [0, 0.1) is 0 Å². The highest BCUT2D eigenvalue weighted by Crippen LogP contribution is 2.21. The van der Waals surface area contributed by atoms with Crippen LogP contribution < -0.4 is 4.72 Å². The van der Waals surface area contributed by atoms with E-state index in [1.54, 1.807) is 11.9 Å². The topological polar surface area (TPSA) is 27.8 Å². The predicted octanol–water partition coefficient (Wildman–Crippen LogP) is 3.96. The summed E-state index contributed by atoms with van der Waals surface area (Å²) in [6.45, 7) is 0.862. The second kappa shape index (κ2) is 5.29. The molecule has 3 heteroatoms. The Labute approximate surface area is 111 Å². The monoisotopic (exact) mass is 254 g/mol. The van der Waals surface area contributed by atoms with Gasteiger partial charge in [0.2, 0.25) is 0 Å². The van der Waals surface area contributed by atoms with Crippen LogP contribution in [0.5, 0.6) is 0 Å². The molecule has 1 aromatic heterocycles. The lowest BCUT2D eigenvalue weighted by Gasteiger charge is -2.01. The van der Waals surface area contributed by atoms with Crippen LogP contribution in [0.1, 0.15) is 5.56 Å². The summed E-state index contributed by atoms with van der Waals surface area (Å²) in [7, 11) is 0. The Hall–Kier alpha value is -1.71. The molecule has 0 unspecified atom stereocenters. The fourth-order valence-electron chi connectivity index (χ4n) is 1.89. The van der Waals surface area contributed by atoms with Gasteiger partial charge in [-0.1, -0.05) is 48.5 Å². The molecule has 0 spiro atoms. The van der Waals surface area contributed by atoms with Gasteiger partial charge in [-0.25, -0.2) is 0 Å². The zero-order valence-electron chi connectivity index (χ0n) is 9.89. The third kappa shape index (κ3) is 2.58. The van der Waals surface area contributed by atoms with Gasteiger partial charge in [-0.15, -0.1) is 0 Å². The molecule has 0 saturated heterocycles. The Morgan fingerprint density at radius 2 is 1.72 bits per heavy atom. The Morgan fingerprint density at radius 3 is 2.56 bits per heavy atom. The van der Waals surface area contributed by atoms with Crippen LogP contribution in [0.2, 0.25) is 0 Å². The molecule has 2 aromatic carbocycles. The first-order chi connectivity index (χ1) is 8.92. The summed E-state index contributed by atoms with van der Waals surface area (Å²) in [6, 6.07) is 20.9. The van der Waals surface area contributed by atoms with E-state index in [-0.39, 0.29) is 0 Å². The normalized spacial score (nSPS) is 10.9. The van der Waals surface area contributed by atoms with E-state index in [9.17, 15) is 0 Å². The van der Waals surface area contributed by atoms with Gasteiger partial charge in [-0.2, -0.15) is 0 Å². The van der Waals surface area contributed by atoms with Crippen molar-refractivity contribution >= 4 is 22.9 Å². The molecule has 3 aromatic rings. The highest BCUT2D eigenvalue weighted by atomic mass is 32.2. The number of nitrogens with one attached hydrogen (secondary N) is 2. The minimum absolute atomic E-state index is 0.862. The maximum absolute atomic E-state index is 3.38. The third-order valence-electron chi connectivity index (χ3n) is 2.81. The van der Waals surface area contributed by atoms with Crippen molar-refractivity contribution in [2.75, 3.05) is 0 Å². The van der Waals surface area contributed by atoms with Crippen LogP contribution in [-0.4, -0.2) is 4.98 Å². The molecule has 0 aliphatic carbocycles. The maximum atomic E-state index is 3.38. The smallest absolute Gasteiger partial charge is 0.0885 e. The first kappa shape index (κ1) is 11.4. The molecule has 0 atom stereocenters. The van der Waals surface area contributed by atoms with Crippen LogP contribution >= 0.6 is 11.9 Å². The van der Waals surface area contributed by atoms with Gasteiger partial charge in [-0.3, -0.25) is 4.72 Å². The van der Waals surface area contributed by atoms with E-state index in [1.165, 1.54) is 16.5 Å². The molecular formula is C15H14N2S. The minimum Gasteiger partial charge on any atom is -0.349 e. The fourth-order valence-corrected chi connectivity index (χ4v) is 2.64. The molecule has 0 aliphatic rings. The van der Waals surface area contributed by atoms with Gasteiger partial charge in [0, 0.05) is 17.4 Å². The number of benzene rings is 2. The predicted molar refractivity (Wildman–Crippen MR) is 77.4 cm³/mol. The van der Waals surface area contributed by atoms with Crippen molar-refractivity contribution in [1.82, 2.24) is 9.71 Å². The number of aromatic nitrogens is 1. The first-order valence-corrected chi connectivity index (χ1v) is 6.75. The van der Waals surface area contributed by atoms with E-state index in [0.717, 1.165) is 11.6 Å². The van der Waals surface area contributed by atoms with Gasteiger partial charge in [0.15, 0.2) is 0 Å². The van der Waals surface area contributed by atoms with Gasteiger partial charge < -0.3 is 4.98 Å². The molecule has 3 rings (SSSR count). The zero-order valence-corrected chi connectivity index (χ0v) is 10.7. The van der Waals surface area contributed by atoms with Crippen molar-refractivity contribution < 1.29 is 0 Å². The van der Waals surface area contributed by atoms with Crippen molar-refractivity contribution in [1.29, 1.82) is 0 Å². The quantitative estimate of drug-likeness (QED) is 0.690.